The second kappa shape index (κ2) is 10.4. The third kappa shape index (κ3) is 4.76. The summed E-state index contributed by atoms with van der Waals surface area (Å²) in [5, 5.41) is 0. The molecule has 33 heavy (non-hydrogen) atoms. The molecule has 3 aliphatic rings. The fourth-order valence-electron chi connectivity index (χ4n) is 7.59. The summed E-state index contributed by atoms with van der Waals surface area (Å²) in [6.45, 7) is 10.9. The standard InChI is InChI=1S/C31H40N2/c1-32-29-17-15-25(16-18-29)9-6-7-22-33-23-19-28(20-24-33)31(27-12-3-4-13-27)21-8-11-26-10-2-5-14-30(26)31/h2,5,10,14-18,27-28H,3-4,6-9,11-13,19-24H2. The average Bonchev–Trinajstić information content (AvgIpc) is 3.43. The van der Waals surface area contributed by atoms with Gasteiger partial charge in [0.15, 0.2) is 5.69 Å². The van der Waals surface area contributed by atoms with E-state index in [-0.39, 0.29) is 0 Å². The van der Waals surface area contributed by atoms with Crippen LogP contribution >= 0.6 is 0 Å². The van der Waals surface area contributed by atoms with Gasteiger partial charge in [0.05, 0.1) is 6.57 Å². The molecule has 2 aliphatic carbocycles. The number of aryl methyl sites for hydroxylation is 2. The second-order valence-corrected chi connectivity index (χ2v) is 10.9. The lowest BCUT2D eigenvalue weighted by molar-refractivity contribution is 0.0726. The predicted molar refractivity (Wildman–Crippen MR) is 138 cm³/mol. The summed E-state index contributed by atoms with van der Waals surface area (Å²) < 4.78 is 0. The minimum atomic E-state index is 0.467. The zero-order valence-corrected chi connectivity index (χ0v) is 20.3. The second-order valence-electron chi connectivity index (χ2n) is 10.9. The third-order valence-corrected chi connectivity index (χ3v) is 9.21. The molecule has 0 amide bonds. The Balaban J connectivity index is 1.17. The van der Waals surface area contributed by atoms with Crippen molar-refractivity contribution in [3.05, 3.63) is 76.6 Å². The van der Waals surface area contributed by atoms with Crippen LogP contribution in [0.4, 0.5) is 5.69 Å². The van der Waals surface area contributed by atoms with Gasteiger partial charge >= 0.3 is 0 Å². The van der Waals surface area contributed by atoms with Crippen molar-refractivity contribution >= 4 is 5.69 Å². The van der Waals surface area contributed by atoms with Crippen LogP contribution in [0.2, 0.25) is 0 Å². The molecule has 0 aromatic heterocycles. The maximum Gasteiger partial charge on any atom is 0.187 e. The molecule has 0 spiro atoms. The number of hydrogen-bond donors (Lipinski definition) is 0. The summed E-state index contributed by atoms with van der Waals surface area (Å²) in [6, 6.07) is 17.7. The van der Waals surface area contributed by atoms with E-state index >= 15 is 0 Å². The highest BCUT2D eigenvalue weighted by atomic mass is 15.1. The SMILES string of the molecule is [C-]#[N+]c1ccc(CCCCN2CCC(C3(C4CCCC4)CCCc4ccccc43)CC2)cc1. The lowest BCUT2D eigenvalue weighted by Gasteiger charge is -2.52. The topological polar surface area (TPSA) is 7.60 Å². The molecule has 2 nitrogen and oxygen atoms in total. The number of hydrogen-bond acceptors (Lipinski definition) is 1. The summed E-state index contributed by atoms with van der Waals surface area (Å²) in [7, 11) is 0. The maximum absolute atomic E-state index is 7.09. The molecule has 1 unspecified atom stereocenters. The Labute approximate surface area is 201 Å². The van der Waals surface area contributed by atoms with Crippen molar-refractivity contribution in [3.63, 3.8) is 0 Å². The van der Waals surface area contributed by atoms with Gasteiger partial charge in [0.25, 0.3) is 0 Å². The Morgan fingerprint density at radius 2 is 1.58 bits per heavy atom. The lowest BCUT2D eigenvalue weighted by Crippen LogP contribution is -2.49. The highest BCUT2D eigenvalue weighted by Gasteiger charge is 2.49. The van der Waals surface area contributed by atoms with Gasteiger partial charge in [-0.15, -0.1) is 0 Å². The molecule has 2 aromatic carbocycles. The van der Waals surface area contributed by atoms with Gasteiger partial charge in [-0.1, -0.05) is 66.9 Å². The van der Waals surface area contributed by atoms with Crippen LogP contribution in [0, 0.1) is 18.4 Å². The Kier molecular flexibility index (Phi) is 7.17. The summed E-state index contributed by atoms with van der Waals surface area (Å²) in [5.41, 5.74) is 6.01. The first-order chi connectivity index (χ1) is 16.3. The maximum atomic E-state index is 7.09. The molecule has 1 saturated carbocycles. The van der Waals surface area contributed by atoms with Gasteiger partial charge in [-0.05, 0) is 107 Å². The van der Waals surface area contributed by atoms with Gasteiger partial charge in [-0.2, -0.15) is 0 Å². The van der Waals surface area contributed by atoms with Gasteiger partial charge < -0.3 is 4.90 Å². The third-order valence-electron chi connectivity index (χ3n) is 9.21. The average molecular weight is 441 g/mol. The van der Waals surface area contributed by atoms with Crippen LogP contribution in [-0.4, -0.2) is 24.5 Å². The monoisotopic (exact) mass is 440 g/mol. The van der Waals surface area contributed by atoms with Crippen molar-refractivity contribution in [2.45, 2.75) is 82.5 Å². The van der Waals surface area contributed by atoms with Crippen LogP contribution in [-0.2, 0) is 18.3 Å². The van der Waals surface area contributed by atoms with Crippen LogP contribution in [0.5, 0.6) is 0 Å². The van der Waals surface area contributed by atoms with E-state index < -0.39 is 0 Å². The molecule has 174 valence electrons. The first kappa shape index (κ1) is 22.7. The van der Waals surface area contributed by atoms with E-state index in [1.165, 1.54) is 95.8 Å². The number of likely N-dealkylation sites (tertiary alicyclic amines) is 1. The summed E-state index contributed by atoms with van der Waals surface area (Å²) in [5.74, 6) is 1.80. The molecular weight excluding hydrogens is 400 g/mol. The molecule has 5 rings (SSSR count). The molecule has 2 aromatic rings. The van der Waals surface area contributed by atoms with Crippen LogP contribution in [0.15, 0.2) is 48.5 Å². The Morgan fingerprint density at radius 3 is 2.33 bits per heavy atom. The van der Waals surface area contributed by atoms with Crippen molar-refractivity contribution in [2.24, 2.45) is 11.8 Å². The molecule has 0 bridgehead atoms. The number of fused-ring (bicyclic) bond motifs is 1. The quantitative estimate of drug-likeness (QED) is 0.316. The molecule has 2 heteroatoms. The van der Waals surface area contributed by atoms with Gasteiger partial charge in [-0.25, -0.2) is 4.85 Å². The molecule has 0 radical (unpaired) electrons. The minimum absolute atomic E-state index is 0.467. The fourth-order valence-corrected chi connectivity index (χ4v) is 7.59. The van der Waals surface area contributed by atoms with Crippen molar-refractivity contribution in [1.82, 2.24) is 4.90 Å². The minimum Gasteiger partial charge on any atom is -0.303 e. The molecule has 0 N–H and O–H groups in total. The zero-order chi connectivity index (χ0) is 22.5. The Morgan fingerprint density at radius 1 is 0.848 bits per heavy atom. The van der Waals surface area contributed by atoms with Gasteiger partial charge in [0.1, 0.15) is 0 Å². The molecular formula is C31H40N2. The Hall–Kier alpha value is -2.11. The summed E-state index contributed by atoms with van der Waals surface area (Å²) in [4.78, 5) is 6.24. The smallest absolute Gasteiger partial charge is 0.187 e. The molecule has 1 atom stereocenters. The van der Waals surface area contributed by atoms with E-state index in [0.29, 0.717) is 5.41 Å². The van der Waals surface area contributed by atoms with Gasteiger partial charge in [-0.3, -0.25) is 0 Å². The summed E-state index contributed by atoms with van der Waals surface area (Å²) in [6.07, 6.45) is 16.4. The van der Waals surface area contributed by atoms with E-state index in [1.807, 2.05) is 12.1 Å². The molecule has 1 heterocycles. The van der Waals surface area contributed by atoms with E-state index in [0.717, 1.165) is 23.9 Å². The highest BCUT2D eigenvalue weighted by Crippen LogP contribution is 2.55. The van der Waals surface area contributed by atoms with E-state index in [9.17, 15) is 0 Å². The van der Waals surface area contributed by atoms with Gasteiger partial charge in [0.2, 0.25) is 0 Å². The number of piperidine rings is 1. The fraction of sp³-hybridized carbons (Fsp3) is 0.581. The van der Waals surface area contributed by atoms with Crippen molar-refractivity contribution in [1.29, 1.82) is 0 Å². The van der Waals surface area contributed by atoms with Gasteiger partial charge in [0, 0.05) is 5.41 Å². The van der Waals surface area contributed by atoms with Crippen LogP contribution in [0.1, 0.15) is 80.9 Å². The molecule has 2 fully saturated rings. The highest BCUT2D eigenvalue weighted by molar-refractivity contribution is 5.45. The lowest BCUT2D eigenvalue weighted by atomic mass is 9.54. The normalized spacial score (nSPS) is 24.5. The number of rotatable bonds is 7. The predicted octanol–water partition coefficient (Wildman–Crippen LogP) is 7.74. The van der Waals surface area contributed by atoms with Crippen molar-refractivity contribution < 1.29 is 0 Å². The molecule has 1 aliphatic heterocycles. The zero-order valence-electron chi connectivity index (χ0n) is 20.3. The van der Waals surface area contributed by atoms with Crippen LogP contribution in [0.3, 0.4) is 0 Å². The largest absolute Gasteiger partial charge is 0.303 e. The van der Waals surface area contributed by atoms with E-state index in [4.69, 9.17) is 6.57 Å². The van der Waals surface area contributed by atoms with Crippen LogP contribution in [0.25, 0.3) is 4.85 Å². The number of benzene rings is 2. The van der Waals surface area contributed by atoms with Crippen LogP contribution < -0.4 is 0 Å². The Bertz CT molecular complexity index is 942. The number of nitrogens with zero attached hydrogens (tertiary/aromatic N) is 2. The summed E-state index contributed by atoms with van der Waals surface area (Å²) >= 11 is 0. The first-order valence-corrected chi connectivity index (χ1v) is 13.6. The van der Waals surface area contributed by atoms with E-state index in [1.54, 1.807) is 11.1 Å². The van der Waals surface area contributed by atoms with E-state index in [2.05, 4.69) is 46.1 Å². The van der Waals surface area contributed by atoms with Crippen molar-refractivity contribution in [2.75, 3.05) is 19.6 Å². The van der Waals surface area contributed by atoms with Crippen molar-refractivity contribution in [3.8, 4) is 0 Å². The molecule has 1 saturated heterocycles. The number of unbranched alkanes of at least 4 members (excludes halogenated alkanes) is 1. The first-order valence-electron chi connectivity index (χ1n) is 13.6.